The summed E-state index contributed by atoms with van der Waals surface area (Å²) in [4.78, 5) is 23.8. The first-order chi connectivity index (χ1) is 9.07. The number of aromatic amines is 1. The van der Waals surface area contributed by atoms with E-state index in [4.69, 9.17) is 4.74 Å². The van der Waals surface area contributed by atoms with E-state index in [-0.39, 0.29) is 11.9 Å². The standard InChI is InChI=1S/C13H19N3O3/c1-9-7-10(16-15-9)11(17)14-8-13(12(18)19-2)5-3-4-6-13/h7H,3-6,8H2,1-2H3,(H,14,17)(H,15,16). The quantitative estimate of drug-likeness (QED) is 0.801. The predicted molar refractivity (Wildman–Crippen MR) is 68.6 cm³/mol. The molecule has 0 unspecified atom stereocenters. The van der Waals surface area contributed by atoms with Crippen molar-refractivity contribution in [2.24, 2.45) is 5.41 Å². The van der Waals surface area contributed by atoms with Crippen molar-refractivity contribution in [1.29, 1.82) is 0 Å². The minimum atomic E-state index is -0.560. The lowest BCUT2D eigenvalue weighted by atomic mass is 9.86. The largest absolute Gasteiger partial charge is 0.469 e. The molecule has 0 saturated heterocycles. The topological polar surface area (TPSA) is 84.1 Å². The molecule has 104 valence electrons. The van der Waals surface area contributed by atoms with Crippen LogP contribution >= 0.6 is 0 Å². The number of hydrogen-bond acceptors (Lipinski definition) is 4. The number of carbonyl (C=O) groups excluding carboxylic acids is 2. The van der Waals surface area contributed by atoms with E-state index in [0.29, 0.717) is 12.2 Å². The van der Waals surface area contributed by atoms with Gasteiger partial charge in [-0.2, -0.15) is 5.10 Å². The molecule has 1 aromatic heterocycles. The van der Waals surface area contributed by atoms with Gasteiger partial charge in [-0.05, 0) is 25.8 Å². The monoisotopic (exact) mass is 265 g/mol. The number of ether oxygens (including phenoxy) is 1. The van der Waals surface area contributed by atoms with E-state index in [1.807, 2.05) is 6.92 Å². The van der Waals surface area contributed by atoms with Gasteiger partial charge in [0.05, 0.1) is 12.5 Å². The number of rotatable bonds is 4. The molecule has 2 rings (SSSR count). The normalized spacial score (nSPS) is 17.2. The van der Waals surface area contributed by atoms with Crippen LogP contribution in [0.2, 0.25) is 0 Å². The van der Waals surface area contributed by atoms with Gasteiger partial charge in [-0.3, -0.25) is 14.7 Å². The Morgan fingerprint density at radius 2 is 2.16 bits per heavy atom. The van der Waals surface area contributed by atoms with E-state index in [1.54, 1.807) is 6.07 Å². The van der Waals surface area contributed by atoms with Crippen LogP contribution < -0.4 is 5.32 Å². The van der Waals surface area contributed by atoms with E-state index in [9.17, 15) is 9.59 Å². The molecule has 1 aromatic rings. The van der Waals surface area contributed by atoms with Gasteiger partial charge in [-0.15, -0.1) is 0 Å². The molecule has 0 atom stereocenters. The number of carbonyl (C=O) groups is 2. The second-order valence-electron chi connectivity index (χ2n) is 5.10. The zero-order chi connectivity index (χ0) is 13.9. The van der Waals surface area contributed by atoms with Gasteiger partial charge < -0.3 is 10.1 Å². The molecule has 1 aliphatic rings. The van der Waals surface area contributed by atoms with E-state index in [0.717, 1.165) is 31.4 Å². The summed E-state index contributed by atoms with van der Waals surface area (Å²) in [5.41, 5.74) is 0.611. The Hall–Kier alpha value is -1.85. The van der Waals surface area contributed by atoms with Crippen LogP contribution in [0, 0.1) is 12.3 Å². The number of nitrogens with zero attached hydrogens (tertiary/aromatic N) is 1. The first-order valence-electron chi connectivity index (χ1n) is 6.46. The van der Waals surface area contributed by atoms with Crippen molar-refractivity contribution in [3.05, 3.63) is 17.5 Å². The molecule has 1 aliphatic carbocycles. The maximum atomic E-state index is 11.9. The summed E-state index contributed by atoms with van der Waals surface area (Å²) in [6.07, 6.45) is 3.51. The number of aromatic nitrogens is 2. The van der Waals surface area contributed by atoms with Gasteiger partial charge in [-0.25, -0.2) is 0 Å². The van der Waals surface area contributed by atoms with E-state index in [1.165, 1.54) is 7.11 Å². The summed E-state index contributed by atoms with van der Waals surface area (Å²) in [6.45, 7) is 2.14. The third-order valence-corrected chi connectivity index (χ3v) is 3.70. The molecule has 6 heteroatoms. The fraction of sp³-hybridized carbons (Fsp3) is 0.615. The molecule has 1 heterocycles. The predicted octanol–water partition coefficient (Wildman–Crippen LogP) is 1.18. The van der Waals surface area contributed by atoms with Crippen LogP contribution in [0.4, 0.5) is 0 Å². The van der Waals surface area contributed by atoms with Crippen LogP contribution in [0.1, 0.15) is 41.9 Å². The van der Waals surface area contributed by atoms with Crippen molar-refractivity contribution >= 4 is 11.9 Å². The molecule has 0 aliphatic heterocycles. The smallest absolute Gasteiger partial charge is 0.313 e. The summed E-state index contributed by atoms with van der Waals surface area (Å²) in [6, 6.07) is 1.68. The van der Waals surface area contributed by atoms with Crippen molar-refractivity contribution < 1.29 is 14.3 Å². The van der Waals surface area contributed by atoms with Crippen molar-refractivity contribution in [2.45, 2.75) is 32.6 Å². The van der Waals surface area contributed by atoms with Gasteiger partial charge in [0.1, 0.15) is 5.69 Å². The Kier molecular flexibility index (Phi) is 3.87. The molecule has 1 fully saturated rings. The maximum absolute atomic E-state index is 11.9. The highest BCUT2D eigenvalue weighted by Gasteiger charge is 2.42. The van der Waals surface area contributed by atoms with Crippen molar-refractivity contribution in [3.63, 3.8) is 0 Å². The van der Waals surface area contributed by atoms with Crippen LogP contribution in [0.15, 0.2) is 6.07 Å². The summed E-state index contributed by atoms with van der Waals surface area (Å²) in [5, 5.41) is 9.40. The zero-order valence-electron chi connectivity index (χ0n) is 11.3. The van der Waals surface area contributed by atoms with Crippen molar-refractivity contribution in [2.75, 3.05) is 13.7 Å². The van der Waals surface area contributed by atoms with Crippen LogP contribution in [-0.2, 0) is 9.53 Å². The molecule has 6 nitrogen and oxygen atoms in total. The second-order valence-corrected chi connectivity index (χ2v) is 5.10. The minimum absolute atomic E-state index is 0.233. The Labute approximate surface area is 111 Å². The number of aryl methyl sites for hydroxylation is 1. The number of esters is 1. The van der Waals surface area contributed by atoms with Gasteiger partial charge in [0, 0.05) is 12.2 Å². The van der Waals surface area contributed by atoms with Gasteiger partial charge in [0.15, 0.2) is 0 Å². The molecule has 1 saturated carbocycles. The number of methoxy groups -OCH3 is 1. The SMILES string of the molecule is COC(=O)C1(CNC(=O)c2cc(C)[nH]n2)CCCC1. The van der Waals surface area contributed by atoms with Crippen LogP contribution in [0.5, 0.6) is 0 Å². The van der Waals surface area contributed by atoms with Gasteiger partial charge in [-0.1, -0.05) is 12.8 Å². The summed E-state index contributed by atoms with van der Waals surface area (Å²) in [5.74, 6) is -0.497. The van der Waals surface area contributed by atoms with Crippen molar-refractivity contribution in [3.8, 4) is 0 Å². The van der Waals surface area contributed by atoms with E-state index >= 15 is 0 Å². The first-order valence-corrected chi connectivity index (χ1v) is 6.46. The lowest BCUT2D eigenvalue weighted by Gasteiger charge is -2.25. The Morgan fingerprint density at radius 3 is 2.68 bits per heavy atom. The molecule has 2 N–H and O–H groups in total. The average molecular weight is 265 g/mol. The highest BCUT2D eigenvalue weighted by molar-refractivity contribution is 5.92. The number of hydrogen-bond donors (Lipinski definition) is 2. The van der Waals surface area contributed by atoms with E-state index < -0.39 is 5.41 Å². The number of nitrogens with one attached hydrogen (secondary N) is 2. The molecule has 0 spiro atoms. The Bertz CT molecular complexity index is 475. The average Bonchev–Trinajstić information content (AvgIpc) is 3.05. The summed E-state index contributed by atoms with van der Waals surface area (Å²) < 4.78 is 4.87. The number of amides is 1. The molecular weight excluding hydrogens is 246 g/mol. The lowest BCUT2D eigenvalue weighted by Crippen LogP contribution is -2.42. The Balaban J connectivity index is 2.00. The third kappa shape index (κ3) is 2.77. The number of H-pyrrole nitrogens is 1. The van der Waals surface area contributed by atoms with Gasteiger partial charge in [0.25, 0.3) is 5.91 Å². The highest BCUT2D eigenvalue weighted by atomic mass is 16.5. The fourth-order valence-corrected chi connectivity index (χ4v) is 2.60. The Morgan fingerprint density at radius 1 is 1.47 bits per heavy atom. The molecular formula is C13H19N3O3. The lowest BCUT2D eigenvalue weighted by molar-refractivity contribution is -0.152. The molecule has 0 bridgehead atoms. The summed E-state index contributed by atoms with van der Waals surface area (Å²) >= 11 is 0. The molecule has 0 aromatic carbocycles. The molecule has 19 heavy (non-hydrogen) atoms. The third-order valence-electron chi connectivity index (χ3n) is 3.70. The second kappa shape index (κ2) is 5.42. The fourth-order valence-electron chi connectivity index (χ4n) is 2.60. The van der Waals surface area contributed by atoms with Crippen LogP contribution in [0.25, 0.3) is 0 Å². The van der Waals surface area contributed by atoms with Crippen molar-refractivity contribution in [1.82, 2.24) is 15.5 Å². The highest BCUT2D eigenvalue weighted by Crippen LogP contribution is 2.38. The summed E-state index contributed by atoms with van der Waals surface area (Å²) in [7, 11) is 1.39. The first kappa shape index (κ1) is 13.6. The minimum Gasteiger partial charge on any atom is -0.469 e. The van der Waals surface area contributed by atoms with E-state index in [2.05, 4.69) is 15.5 Å². The zero-order valence-corrected chi connectivity index (χ0v) is 11.3. The molecule has 0 radical (unpaired) electrons. The van der Waals surface area contributed by atoms with Gasteiger partial charge >= 0.3 is 5.97 Å². The molecule has 1 amide bonds. The van der Waals surface area contributed by atoms with Crippen LogP contribution in [0.3, 0.4) is 0 Å². The van der Waals surface area contributed by atoms with Crippen LogP contribution in [-0.4, -0.2) is 35.7 Å². The maximum Gasteiger partial charge on any atom is 0.313 e. The van der Waals surface area contributed by atoms with Gasteiger partial charge in [0.2, 0.25) is 0 Å².